The van der Waals surface area contributed by atoms with Crippen molar-refractivity contribution in [1.82, 2.24) is 10.2 Å². The lowest BCUT2D eigenvalue weighted by atomic mass is 10.0. The molecule has 1 amide bonds. The van der Waals surface area contributed by atoms with Crippen molar-refractivity contribution >= 4 is 5.91 Å². The Bertz CT molecular complexity index is 422. The van der Waals surface area contributed by atoms with E-state index in [4.69, 9.17) is 0 Å². The Morgan fingerprint density at radius 2 is 2.22 bits per heavy atom. The monoisotopic (exact) mass is 246 g/mol. The van der Waals surface area contributed by atoms with Crippen molar-refractivity contribution in [3.8, 4) is 0 Å². The highest BCUT2D eigenvalue weighted by molar-refractivity contribution is 5.94. The molecular formula is C15H22N2O. The standard InChI is InChI=1S/C15H22N2O/c1-11(2)12-5-4-6-13(9-12)15(18)17(3)14-7-8-16-10-14/h4-6,9,11,14,16H,7-8,10H2,1-3H3. The fourth-order valence-corrected chi connectivity index (χ4v) is 2.37. The highest BCUT2D eigenvalue weighted by Crippen LogP contribution is 2.18. The van der Waals surface area contributed by atoms with Gasteiger partial charge >= 0.3 is 0 Å². The van der Waals surface area contributed by atoms with Crippen LogP contribution in [0, 0.1) is 0 Å². The van der Waals surface area contributed by atoms with E-state index in [0.29, 0.717) is 12.0 Å². The second kappa shape index (κ2) is 5.53. The second-order valence-electron chi connectivity index (χ2n) is 5.34. The van der Waals surface area contributed by atoms with Crippen molar-refractivity contribution in [2.75, 3.05) is 20.1 Å². The van der Waals surface area contributed by atoms with Crippen LogP contribution in [-0.4, -0.2) is 37.0 Å². The van der Waals surface area contributed by atoms with Gasteiger partial charge in [-0.05, 0) is 36.6 Å². The number of amides is 1. The summed E-state index contributed by atoms with van der Waals surface area (Å²) >= 11 is 0. The lowest BCUT2D eigenvalue weighted by molar-refractivity contribution is 0.0743. The molecule has 1 heterocycles. The third kappa shape index (κ3) is 2.72. The minimum absolute atomic E-state index is 0.131. The van der Waals surface area contributed by atoms with E-state index in [1.807, 2.05) is 30.1 Å². The van der Waals surface area contributed by atoms with Crippen LogP contribution in [0.4, 0.5) is 0 Å². The molecule has 0 aromatic heterocycles. The molecule has 18 heavy (non-hydrogen) atoms. The Hall–Kier alpha value is -1.35. The lowest BCUT2D eigenvalue weighted by Crippen LogP contribution is -2.38. The smallest absolute Gasteiger partial charge is 0.253 e. The van der Waals surface area contributed by atoms with E-state index in [1.54, 1.807) is 0 Å². The summed E-state index contributed by atoms with van der Waals surface area (Å²) in [7, 11) is 1.90. The molecule has 0 aliphatic carbocycles. The summed E-state index contributed by atoms with van der Waals surface area (Å²) in [5, 5.41) is 3.30. The molecule has 1 fully saturated rings. The summed E-state index contributed by atoms with van der Waals surface area (Å²) in [4.78, 5) is 14.3. The molecule has 3 nitrogen and oxygen atoms in total. The molecule has 1 aromatic rings. The van der Waals surface area contributed by atoms with Gasteiger partial charge in [0.05, 0.1) is 0 Å². The fraction of sp³-hybridized carbons (Fsp3) is 0.533. The molecule has 98 valence electrons. The van der Waals surface area contributed by atoms with Gasteiger partial charge in [-0.3, -0.25) is 4.79 Å². The van der Waals surface area contributed by atoms with E-state index in [1.165, 1.54) is 5.56 Å². The van der Waals surface area contributed by atoms with Crippen molar-refractivity contribution in [2.45, 2.75) is 32.2 Å². The normalized spacial score (nSPS) is 19.2. The minimum Gasteiger partial charge on any atom is -0.337 e. The molecule has 1 unspecified atom stereocenters. The molecule has 1 aliphatic heterocycles. The average molecular weight is 246 g/mol. The summed E-state index contributed by atoms with van der Waals surface area (Å²) in [5.41, 5.74) is 2.02. The molecule has 1 atom stereocenters. The summed E-state index contributed by atoms with van der Waals surface area (Å²) in [6, 6.07) is 8.32. The first-order valence-electron chi connectivity index (χ1n) is 6.67. The van der Waals surface area contributed by atoms with Gasteiger partial charge in [0.2, 0.25) is 0 Å². The molecule has 1 N–H and O–H groups in total. The number of hydrogen-bond donors (Lipinski definition) is 1. The Labute approximate surface area is 109 Å². The predicted octanol–water partition coefficient (Wildman–Crippen LogP) is 2.24. The molecule has 3 heteroatoms. The lowest BCUT2D eigenvalue weighted by Gasteiger charge is -2.24. The van der Waals surface area contributed by atoms with Gasteiger partial charge in [-0.2, -0.15) is 0 Å². The van der Waals surface area contributed by atoms with Crippen molar-refractivity contribution in [1.29, 1.82) is 0 Å². The van der Waals surface area contributed by atoms with Crippen LogP contribution in [0.2, 0.25) is 0 Å². The topological polar surface area (TPSA) is 32.3 Å². The van der Waals surface area contributed by atoms with E-state index >= 15 is 0 Å². The quantitative estimate of drug-likeness (QED) is 0.887. The second-order valence-corrected chi connectivity index (χ2v) is 5.34. The molecule has 0 saturated carbocycles. The minimum atomic E-state index is 0.131. The number of benzene rings is 1. The van der Waals surface area contributed by atoms with E-state index in [2.05, 4.69) is 25.2 Å². The first kappa shape index (κ1) is 13.1. The highest BCUT2D eigenvalue weighted by atomic mass is 16.2. The van der Waals surface area contributed by atoms with Crippen LogP contribution in [-0.2, 0) is 0 Å². The van der Waals surface area contributed by atoms with Gasteiger partial charge in [-0.15, -0.1) is 0 Å². The van der Waals surface area contributed by atoms with Crippen LogP contribution < -0.4 is 5.32 Å². The molecule has 1 aliphatic rings. The first-order valence-corrected chi connectivity index (χ1v) is 6.67. The zero-order valence-corrected chi connectivity index (χ0v) is 11.4. The SMILES string of the molecule is CC(C)c1cccc(C(=O)N(C)C2CCNC2)c1. The summed E-state index contributed by atoms with van der Waals surface area (Å²) in [6.45, 7) is 6.21. The summed E-state index contributed by atoms with van der Waals surface area (Å²) in [5.74, 6) is 0.586. The van der Waals surface area contributed by atoms with Gasteiger partial charge in [-0.1, -0.05) is 26.0 Å². The molecule has 0 spiro atoms. The molecule has 1 saturated heterocycles. The zero-order valence-electron chi connectivity index (χ0n) is 11.4. The Kier molecular flexibility index (Phi) is 4.02. The summed E-state index contributed by atoms with van der Waals surface area (Å²) in [6.07, 6.45) is 1.05. The van der Waals surface area contributed by atoms with Gasteiger partial charge in [0.1, 0.15) is 0 Å². The van der Waals surface area contributed by atoms with Crippen molar-refractivity contribution in [3.05, 3.63) is 35.4 Å². The maximum absolute atomic E-state index is 12.4. The molecule has 0 bridgehead atoms. The van der Waals surface area contributed by atoms with E-state index in [0.717, 1.165) is 25.1 Å². The van der Waals surface area contributed by atoms with E-state index in [9.17, 15) is 4.79 Å². The van der Waals surface area contributed by atoms with Gasteiger partial charge < -0.3 is 10.2 Å². The van der Waals surface area contributed by atoms with Gasteiger partial charge in [0, 0.05) is 25.2 Å². The zero-order chi connectivity index (χ0) is 13.1. The van der Waals surface area contributed by atoms with Crippen LogP contribution >= 0.6 is 0 Å². The molecule has 2 rings (SSSR count). The van der Waals surface area contributed by atoms with Crippen molar-refractivity contribution in [2.24, 2.45) is 0 Å². The first-order chi connectivity index (χ1) is 8.59. The van der Waals surface area contributed by atoms with Gasteiger partial charge in [0.25, 0.3) is 5.91 Å². The van der Waals surface area contributed by atoms with Crippen LogP contribution in [0.5, 0.6) is 0 Å². The predicted molar refractivity (Wildman–Crippen MR) is 73.9 cm³/mol. The fourth-order valence-electron chi connectivity index (χ4n) is 2.37. The van der Waals surface area contributed by atoms with Gasteiger partial charge in [0.15, 0.2) is 0 Å². The van der Waals surface area contributed by atoms with E-state index in [-0.39, 0.29) is 5.91 Å². The third-order valence-electron chi connectivity index (χ3n) is 3.70. The molecule has 0 radical (unpaired) electrons. The Balaban J connectivity index is 2.14. The van der Waals surface area contributed by atoms with Crippen LogP contribution in [0.15, 0.2) is 24.3 Å². The number of rotatable bonds is 3. The van der Waals surface area contributed by atoms with E-state index < -0.39 is 0 Å². The number of likely N-dealkylation sites (N-methyl/N-ethyl adjacent to an activating group) is 1. The molecule has 1 aromatic carbocycles. The maximum atomic E-state index is 12.4. The largest absolute Gasteiger partial charge is 0.337 e. The number of nitrogens with zero attached hydrogens (tertiary/aromatic N) is 1. The number of hydrogen-bond acceptors (Lipinski definition) is 2. The van der Waals surface area contributed by atoms with Crippen molar-refractivity contribution in [3.63, 3.8) is 0 Å². The number of carbonyl (C=O) groups is 1. The van der Waals surface area contributed by atoms with Crippen LogP contribution in [0.1, 0.15) is 42.1 Å². The number of carbonyl (C=O) groups excluding carboxylic acids is 1. The Morgan fingerprint density at radius 1 is 1.44 bits per heavy atom. The Morgan fingerprint density at radius 3 is 2.83 bits per heavy atom. The average Bonchev–Trinajstić information content (AvgIpc) is 2.91. The van der Waals surface area contributed by atoms with Crippen LogP contribution in [0.25, 0.3) is 0 Å². The molecular weight excluding hydrogens is 224 g/mol. The summed E-state index contributed by atoms with van der Waals surface area (Å²) < 4.78 is 0. The highest BCUT2D eigenvalue weighted by Gasteiger charge is 2.24. The van der Waals surface area contributed by atoms with Crippen LogP contribution in [0.3, 0.4) is 0 Å². The number of nitrogens with one attached hydrogen (secondary N) is 1. The van der Waals surface area contributed by atoms with Gasteiger partial charge in [-0.25, -0.2) is 0 Å². The maximum Gasteiger partial charge on any atom is 0.253 e. The van der Waals surface area contributed by atoms with Crippen molar-refractivity contribution < 1.29 is 4.79 Å². The third-order valence-corrected chi connectivity index (χ3v) is 3.70.